The minimum atomic E-state index is 0.0256. The predicted molar refractivity (Wildman–Crippen MR) is 90.7 cm³/mol. The van der Waals surface area contributed by atoms with E-state index in [1.165, 1.54) is 0 Å². The molecule has 2 fully saturated rings. The minimum absolute atomic E-state index is 0.0256. The predicted octanol–water partition coefficient (Wildman–Crippen LogP) is 0.462. The molecule has 1 aromatic rings. The molecule has 1 aliphatic carbocycles. The largest absolute Gasteiger partial charge is 0.354 e. The summed E-state index contributed by atoms with van der Waals surface area (Å²) in [5.74, 6) is 2.16. The molecule has 2 heterocycles. The summed E-state index contributed by atoms with van der Waals surface area (Å²) in [4.78, 5) is 24.8. The first-order chi connectivity index (χ1) is 10.9. The lowest BCUT2D eigenvalue weighted by molar-refractivity contribution is -0.119. The third kappa shape index (κ3) is 3.55. The number of carbonyl (C=O) groups excluding carboxylic acids is 1. The number of hydrogen-bond acceptors (Lipinski definition) is 6. The molecule has 3 rings (SSSR count). The van der Waals surface area contributed by atoms with Crippen LogP contribution in [0.4, 0.5) is 11.8 Å². The lowest BCUT2D eigenvalue weighted by Crippen LogP contribution is -2.36. The van der Waals surface area contributed by atoms with Crippen molar-refractivity contribution in [2.45, 2.75) is 44.2 Å². The van der Waals surface area contributed by atoms with E-state index in [0.717, 1.165) is 49.8 Å². The standard InChI is InChI=1S/C16H26N6O/c1-10(23)18-13-4-5-22(9-13)15-8-14(11-6-12(17)7-11)19-16(20-15)21(2)3/h8,11-13H,4-7,9,17H2,1-3H3,(H,18,23)/t11?,12?,13-/m0/s1. The Labute approximate surface area is 137 Å². The zero-order chi connectivity index (χ0) is 16.6. The number of carbonyl (C=O) groups is 1. The summed E-state index contributed by atoms with van der Waals surface area (Å²) in [7, 11) is 3.92. The zero-order valence-electron chi connectivity index (χ0n) is 14.1. The van der Waals surface area contributed by atoms with E-state index >= 15 is 0 Å². The third-order valence-corrected chi connectivity index (χ3v) is 4.63. The molecule has 1 aliphatic heterocycles. The summed E-state index contributed by atoms with van der Waals surface area (Å²) in [6.07, 6.45) is 2.94. The van der Waals surface area contributed by atoms with Crippen molar-refractivity contribution in [3.63, 3.8) is 0 Å². The van der Waals surface area contributed by atoms with Crippen LogP contribution in [0.2, 0.25) is 0 Å². The molecule has 1 aromatic heterocycles. The van der Waals surface area contributed by atoms with Crippen molar-refractivity contribution >= 4 is 17.7 Å². The van der Waals surface area contributed by atoms with Crippen LogP contribution in [0, 0.1) is 0 Å². The quantitative estimate of drug-likeness (QED) is 0.839. The van der Waals surface area contributed by atoms with Crippen LogP contribution in [0.3, 0.4) is 0 Å². The van der Waals surface area contributed by atoms with Crippen LogP contribution in [0.25, 0.3) is 0 Å². The van der Waals surface area contributed by atoms with Crippen molar-refractivity contribution in [2.75, 3.05) is 37.0 Å². The Hall–Kier alpha value is -1.89. The molecule has 1 saturated heterocycles. The second-order valence-electron chi connectivity index (χ2n) is 6.91. The maximum Gasteiger partial charge on any atom is 0.227 e. The number of nitrogens with zero attached hydrogens (tertiary/aromatic N) is 4. The molecule has 1 amide bonds. The monoisotopic (exact) mass is 318 g/mol. The molecule has 23 heavy (non-hydrogen) atoms. The first kappa shape index (κ1) is 16.0. The number of nitrogens with one attached hydrogen (secondary N) is 1. The van der Waals surface area contributed by atoms with Gasteiger partial charge in [0.15, 0.2) is 0 Å². The maximum atomic E-state index is 11.2. The van der Waals surface area contributed by atoms with Crippen molar-refractivity contribution in [3.05, 3.63) is 11.8 Å². The zero-order valence-corrected chi connectivity index (χ0v) is 14.1. The molecule has 126 valence electrons. The van der Waals surface area contributed by atoms with E-state index in [1.54, 1.807) is 6.92 Å². The van der Waals surface area contributed by atoms with E-state index in [4.69, 9.17) is 10.7 Å². The van der Waals surface area contributed by atoms with E-state index < -0.39 is 0 Å². The van der Waals surface area contributed by atoms with Crippen LogP contribution in [0.1, 0.15) is 37.8 Å². The number of amides is 1. The molecule has 7 heteroatoms. The van der Waals surface area contributed by atoms with Gasteiger partial charge in [-0.25, -0.2) is 4.98 Å². The molecule has 1 saturated carbocycles. The van der Waals surface area contributed by atoms with Gasteiger partial charge in [-0.05, 0) is 19.3 Å². The van der Waals surface area contributed by atoms with Crippen LogP contribution in [-0.4, -0.2) is 55.1 Å². The highest BCUT2D eigenvalue weighted by atomic mass is 16.1. The van der Waals surface area contributed by atoms with E-state index in [2.05, 4.69) is 21.3 Å². The van der Waals surface area contributed by atoms with E-state index in [-0.39, 0.29) is 11.9 Å². The highest BCUT2D eigenvalue weighted by Crippen LogP contribution is 2.36. The van der Waals surface area contributed by atoms with E-state index in [1.807, 2.05) is 19.0 Å². The fourth-order valence-electron chi connectivity index (χ4n) is 3.29. The number of rotatable bonds is 4. The molecule has 0 aromatic carbocycles. The molecule has 7 nitrogen and oxygen atoms in total. The van der Waals surface area contributed by atoms with Gasteiger partial charge in [0.2, 0.25) is 11.9 Å². The van der Waals surface area contributed by atoms with Gasteiger partial charge in [-0.2, -0.15) is 4.98 Å². The molecule has 2 aliphatic rings. The van der Waals surface area contributed by atoms with Crippen molar-refractivity contribution in [3.8, 4) is 0 Å². The number of nitrogens with two attached hydrogens (primary N) is 1. The Morgan fingerprint density at radius 2 is 2.13 bits per heavy atom. The molecular formula is C16H26N6O. The topological polar surface area (TPSA) is 87.4 Å². The lowest BCUT2D eigenvalue weighted by atomic mass is 9.78. The molecule has 0 radical (unpaired) electrons. The molecule has 0 unspecified atom stereocenters. The van der Waals surface area contributed by atoms with Gasteiger partial charge < -0.3 is 20.9 Å². The van der Waals surface area contributed by atoms with Crippen molar-refractivity contribution in [2.24, 2.45) is 5.73 Å². The summed E-state index contributed by atoms with van der Waals surface area (Å²) >= 11 is 0. The number of hydrogen-bond donors (Lipinski definition) is 2. The summed E-state index contributed by atoms with van der Waals surface area (Å²) in [6, 6.07) is 2.60. The van der Waals surface area contributed by atoms with Crippen LogP contribution in [0.5, 0.6) is 0 Å². The van der Waals surface area contributed by atoms with Crippen molar-refractivity contribution < 1.29 is 4.79 Å². The molecular weight excluding hydrogens is 292 g/mol. The first-order valence-electron chi connectivity index (χ1n) is 8.26. The molecule has 3 N–H and O–H groups in total. The summed E-state index contributed by atoms with van der Waals surface area (Å²) in [5, 5.41) is 2.99. The minimum Gasteiger partial charge on any atom is -0.354 e. The van der Waals surface area contributed by atoms with Gasteiger partial charge in [-0.1, -0.05) is 0 Å². The van der Waals surface area contributed by atoms with Gasteiger partial charge in [-0.3, -0.25) is 4.79 Å². The third-order valence-electron chi connectivity index (χ3n) is 4.63. The Morgan fingerprint density at radius 3 is 2.74 bits per heavy atom. The van der Waals surface area contributed by atoms with E-state index in [9.17, 15) is 4.79 Å². The fraction of sp³-hybridized carbons (Fsp3) is 0.688. The number of aromatic nitrogens is 2. The van der Waals surface area contributed by atoms with Crippen LogP contribution < -0.4 is 20.9 Å². The Bertz CT molecular complexity index is 584. The average molecular weight is 318 g/mol. The summed E-state index contributed by atoms with van der Waals surface area (Å²) in [5.41, 5.74) is 7.01. The average Bonchev–Trinajstić information content (AvgIpc) is 2.91. The Morgan fingerprint density at radius 1 is 1.39 bits per heavy atom. The molecule has 1 atom stereocenters. The van der Waals surface area contributed by atoms with Crippen LogP contribution in [-0.2, 0) is 4.79 Å². The first-order valence-corrected chi connectivity index (χ1v) is 8.26. The Kier molecular flexibility index (Phi) is 4.39. The summed E-state index contributed by atoms with van der Waals surface area (Å²) in [6.45, 7) is 3.26. The molecule has 0 bridgehead atoms. The van der Waals surface area contributed by atoms with Gasteiger partial charge in [0, 0.05) is 58.2 Å². The van der Waals surface area contributed by atoms with Crippen molar-refractivity contribution in [1.29, 1.82) is 0 Å². The van der Waals surface area contributed by atoms with Gasteiger partial charge in [0.25, 0.3) is 0 Å². The normalized spacial score (nSPS) is 26.8. The van der Waals surface area contributed by atoms with Crippen molar-refractivity contribution in [1.82, 2.24) is 15.3 Å². The molecule has 0 spiro atoms. The van der Waals surface area contributed by atoms with Gasteiger partial charge in [-0.15, -0.1) is 0 Å². The van der Waals surface area contributed by atoms with Gasteiger partial charge in [0.1, 0.15) is 5.82 Å². The number of anilines is 2. The SMILES string of the molecule is CC(=O)N[C@H]1CCN(c2cc(C3CC(N)C3)nc(N(C)C)n2)C1. The maximum absolute atomic E-state index is 11.2. The van der Waals surface area contributed by atoms with Crippen LogP contribution in [0.15, 0.2) is 6.07 Å². The smallest absolute Gasteiger partial charge is 0.227 e. The summed E-state index contributed by atoms with van der Waals surface area (Å²) < 4.78 is 0. The van der Waals surface area contributed by atoms with Crippen LogP contribution >= 0.6 is 0 Å². The van der Waals surface area contributed by atoms with Gasteiger partial charge in [0.05, 0.1) is 5.69 Å². The fourth-order valence-corrected chi connectivity index (χ4v) is 3.29. The Balaban J connectivity index is 1.79. The lowest BCUT2D eigenvalue weighted by Gasteiger charge is -2.33. The highest BCUT2D eigenvalue weighted by molar-refractivity contribution is 5.73. The second kappa shape index (κ2) is 6.31. The highest BCUT2D eigenvalue weighted by Gasteiger charge is 2.31. The second-order valence-corrected chi connectivity index (χ2v) is 6.91. The van der Waals surface area contributed by atoms with Gasteiger partial charge >= 0.3 is 0 Å². The van der Waals surface area contributed by atoms with E-state index in [0.29, 0.717) is 12.0 Å².